The first-order valence-corrected chi connectivity index (χ1v) is 12.0. The Bertz CT molecular complexity index is 1610. The summed E-state index contributed by atoms with van der Waals surface area (Å²) in [5.41, 5.74) is 1.60. The van der Waals surface area contributed by atoms with Crippen LogP contribution in [0.2, 0.25) is 0 Å². The van der Waals surface area contributed by atoms with E-state index in [0.717, 1.165) is 18.5 Å². The lowest BCUT2D eigenvalue weighted by molar-refractivity contribution is 0.0980. The van der Waals surface area contributed by atoms with Gasteiger partial charge in [0, 0.05) is 18.2 Å². The van der Waals surface area contributed by atoms with Crippen molar-refractivity contribution in [3.05, 3.63) is 72.3 Å². The Morgan fingerprint density at radius 3 is 2.70 bits per heavy atom. The van der Waals surface area contributed by atoms with Gasteiger partial charge in [0.05, 0.1) is 28.7 Å². The average Bonchev–Trinajstić information content (AvgIpc) is 3.29. The lowest BCUT2D eigenvalue weighted by Crippen LogP contribution is -2.14. The van der Waals surface area contributed by atoms with Crippen molar-refractivity contribution >= 4 is 22.7 Å². The number of rotatable bonds is 7. The third kappa shape index (κ3) is 4.15. The third-order valence-corrected chi connectivity index (χ3v) is 6.38. The van der Waals surface area contributed by atoms with Crippen LogP contribution >= 0.6 is 0 Å². The fraction of sp³-hybridized carbons (Fsp3) is 0.269. The van der Waals surface area contributed by atoms with E-state index in [2.05, 4.69) is 25.5 Å². The Kier molecular flexibility index (Phi) is 5.54. The summed E-state index contributed by atoms with van der Waals surface area (Å²) < 4.78 is 38.0. The molecule has 4 aromatic heterocycles. The molecule has 5 aromatic rings. The largest absolute Gasteiger partial charge is 0.450 e. The number of amides is 1. The van der Waals surface area contributed by atoms with E-state index in [1.54, 1.807) is 53.6 Å². The highest BCUT2D eigenvalue weighted by Gasteiger charge is 2.30. The Hall–Kier alpha value is -4.41. The van der Waals surface area contributed by atoms with Gasteiger partial charge in [0.15, 0.2) is 5.82 Å². The van der Waals surface area contributed by atoms with Gasteiger partial charge in [-0.05, 0) is 51.0 Å². The molecule has 1 amide bonds. The monoisotopic (exact) mass is 503 g/mol. The zero-order valence-corrected chi connectivity index (χ0v) is 20.1. The summed E-state index contributed by atoms with van der Waals surface area (Å²) in [6.07, 6.45) is 4.26. The number of carbonyl (C=O) groups is 1. The first kappa shape index (κ1) is 23.0. The predicted molar refractivity (Wildman–Crippen MR) is 132 cm³/mol. The van der Waals surface area contributed by atoms with Crippen LogP contribution in [0.5, 0.6) is 0 Å². The zero-order valence-electron chi connectivity index (χ0n) is 20.1. The summed E-state index contributed by atoms with van der Waals surface area (Å²) in [7, 11) is 0. The van der Waals surface area contributed by atoms with Crippen LogP contribution in [0.15, 0.2) is 59.7 Å². The third-order valence-electron chi connectivity index (χ3n) is 6.38. The number of imidazole rings is 1. The summed E-state index contributed by atoms with van der Waals surface area (Å²) >= 11 is 0. The van der Waals surface area contributed by atoms with E-state index in [9.17, 15) is 13.6 Å². The molecule has 0 aliphatic heterocycles. The quantitative estimate of drug-likeness (QED) is 0.296. The molecule has 4 heterocycles. The Morgan fingerprint density at radius 1 is 1.14 bits per heavy atom. The number of pyridine rings is 1. The molecule has 1 fully saturated rings. The summed E-state index contributed by atoms with van der Waals surface area (Å²) in [5, 5.41) is 10.8. The summed E-state index contributed by atoms with van der Waals surface area (Å²) in [6.45, 7) is 3.97. The molecule has 1 N–H and O–H groups in total. The highest BCUT2D eigenvalue weighted by molar-refractivity contribution is 6.07. The van der Waals surface area contributed by atoms with E-state index in [1.807, 2.05) is 24.6 Å². The molecule has 1 aromatic carbocycles. The van der Waals surface area contributed by atoms with Gasteiger partial charge in [-0.2, -0.15) is 0 Å². The maximum absolute atomic E-state index is 14.4. The van der Waals surface area contributed by atoms with Crippen LogP contribution in [0, 0.1) is 0 Å². The van der Waals surface area contributed by atoms with Crippen molar-refractivity contribution < 1.29 is 18.0 Å². The minimum absolute atomic E-state index is 0.0965. The van der Waals surface area contributed by atoms with Crippen molar-refractivity contribution in [2.24, 2.45) is 0 Å². The van der Waals surface area contributed by atoms with Gasteiger partial charge in [-0.15, -0.1) is 10.2 Å². The van der Waals surface area contributed by atoms with Gasteiger partial charge in [0.1, 0.15) is 23.4 Å². The van der Waals surface area contributed by atoms with Crippen LogP contribution < -0.4 is 5.32 Å². The van der Waals surface area contributed by atoms with Crippen molar-refractivity contribution in [1.82, 2.24) is 29.3 Å². The number of fused-ring (bicyclic) bond motifs is 1. The van der Waals surface area contributed by atoms with E-state index >= 15 is 0 Å². The van der Waals surface area contributed by atoms with Gasteiger partial charge in [-0.3, -0.25) is 4.79 Å². The van der Waals surface area contributed by atoms with Crippen molar-refractivity contribution in [2.45, 2.75) is 45.1 Å². The van der Waals surface area contributed by atoms with Crippen molar-refractivity contribution in [2.75, 3.05) is 5.32 Å². The molecule has 37 heavy (non-hydrogen) atoms. The number of alkyl halides is 2. The van der Waals surface area contributed by atoms with Gasteiger partial charge in [-0.1, -0.05) is 12.1 Å². The minimum atomic E-state index is -2.95. The Labute approximate surface area is 210 Å². The molecule has 1 aliphatic rings. The number of hydrogen-bond acceptors (Lipinski definition) is 6. The van der Waals surface area contributed by atoms with Crippen LogP contribution in [0.3, 0.4) is 0 Å². The van der Waals surface area contributed by atoms with Crippen LogP contribution in [0.25, 0.3) is 28.2 Å². The number of benzene rings is 1. The van der Waals surface area contributed by atoms with Crippen LogP contribution in [0.1, 0.15) is 66.9 Å². The number of anilines is 1. The first-order chi connectivity index (χ1) is 17.9. The van der Waals surface area contributed by atoms with Crippen molar-refractivity contribution in [1.29, 1.82) is 0 Å². The van der Waals surface area contributed by atoms with Crippen LogP contribution in [-0.2, 0) is 0 Å². The molecule has 1 saturated carbocycles. The lowest BCUT2D eigenvalue weighted by atomic mass is 10.1. The fourth-order valence-corrected chi connectivity index (χ4v) is 4.41. The SMILES string of the molecule is CC(C)n1cnnc1-c1cccc(NC(=O)c2oc3cccc(-n4cnc(C5CC5)c4)c3c2C(F)F)n1. The van der Waals surface area contributed by atoms with E-state index in [-0.39, 0.29) is 22.8 Å². The topological polar surface area (TPSA) is 104 Å². The molecule has 0 saturated heterocycles. The Morgan fingerprint density at radius 2 is 1.95 bits per heavy atom. The van der Waals surface area contributed by atoms with Gasteiger partial charge in [0.25, 0.3) is 12.3 Å². The number of furan rings is 1. The standard InChI is InChI=1S/C26H23F2N7O2/c1-14(2)35-13-30-33-25(35)16-5-3-8-20(31-16)32-26(36)23-22(24(27)28)21-18(6-4-7-19(21)37-23)34-11-17(29-12-34)15-9-10-15/h3-8,11-15,24H,9-10H2,1-2H3,(H,31,32,36). The molecule has 0 spiro atoms. The maximum Gasteiger partial charge on any atom is 0.293 e. The summed E-state index contributed by atoms with van der Waals surface area (Å²) in [4.78, 5) is 22.1. The smallest absolute Gasteiger partial charge is 0.293 e. The number of aromatic nitrogens is 6. The van der Waals surface area contributed by atoms with Gasteiger partial charge < -0.3 is 18.9 Å². The van der Waals surface area contributed by atoms with Crippen molar-refractivity contribution in [3.63, 3.8) is 0 Å². The number of carbonyl (C=O) groups excluding carboxylic acids is 1. The second kappa shape index (κ2) is 8.91. The van der Waals surface area contributed by atoms with E-state index in [1.165, 1.54) is 0 Å². The molecule has 11 heteroatoms. The fourth-order valence-electron chi connectivity index (χ4n) is 4.41. The van der Waals surface area contributed by atoms with Gasteiger partial charge >= 0.3 is 0 Å². The molecule has 188 valence electrons. The molecule has 0 unspecified atom stereocenters. The molecule has 0 atom stereocenters. The second-order valence-corrected chi connectivity index (χ2v) is 9.29. The number of nitrogens with zero attached hydrogens (tertiary/aromatic N) is 6. The number of hydrogen-bond donors (Lipinski definition) is 1. The molecular weight excluding hydrogens is 480 g/mol. The van der Waals surface area contributed by atoms with E-state index in [4.69, 9.17) is 4.42 Å². The molecule has 0 radical (unpaired) electrons. The highest BCUT2D eigenvalue weighted by atomic mass is 19.3. The molecule has 9 nitrogen and oxygen atoms in total. The molecule has 6 rings (SSSR count). The number of nitrogens with one attached hydrogen (secondary N) is 1. The molecule has 1 aliphatic carbocycles. The van der Waals surface area contributed by atoms with Crippen LogP contribution in [-0.4, -0.2) is 35.2 Å². The Balaban J connectivity index is 1.37. The predicted octanol–water partition coefficient (Wildman–Crippen LogP) is 5.92. The van der Waals surface area contributed by atoms with Gasteiger partial charge in [-0.25, -0.2) is 18.7 Å². The maximum atomic E-state index is 14.4. The number of halogens is 2. The zero-order chi connectivity index (χ0) is 25.7. The molecular formula is C26H23F2N7O2. The highest BCUT2D eigenvalue weighted by Crippen LogP contribution is 2.41. The lowest BCUT2D eigenvalue weighted by Gasteiger charge is -2.10. The van der Waals surface area contributed by atoms with Crippen molar-refractivity contribution in [3.8, 4) is 17.2 Å². The molecule has 0 bridgehead atoms. The van der Waals surface area contributed by atoms with Gasteiger partial charge in [0.2, 0.25) is 5.76 Å². The van der Waals surface area contributed by atoms with E-state index in [0.29, 0.717) is 23.1 Å². The normalized spacial score (nSPS) is 13.7. The average molecular weight is 504 g/mol. The minimum Gasteiger partial charge on any atom is -0.450 e. The summed E-state index contributed by atoms with van der Waals surface area (Å²) in [6, 6.07) is 10.1. The van der Waals surface area contributed by atoms with E-state index < -0.39 is 23.7 Å². The summed E-state index contributed by atoms with van der Waals surface area (Å²) in [5.74, 6) is -0.170. The first-order valence-electron chi connectivity index (χ1n) is 12.0. The van der Waals surface area contributed by atoms with Crippen LogP contribution in [0.4, 0.5) is 14.6 Å². The second-order valence-electron chi connectivity index (χ2n) is 9.29.